The molecule has 1 aromatic carbocycles. The van der Waals surface area contributed by atoms with Gasteiger partial charge >= 0.3 is 5.97 Å². The van der Waals surface area contributed by atoms with E-state index in [4.69, 9.17) is 22.1 Å². The lowest BCUT2D eigenvalue weighted by molar-refractivity contribution is -0.138. The number of nitrogens with two attached hydrogens (primary N) is 1. The van der Waals surface area contributed by atoms with Crippen molar-refractivity contribution in [2.45, 2.75) is 25.9 Å². The van der Waals surface area contributed by atoms with Crippen LogP contribution in [0.1, 0.15) is 30.1 Å². The second-order valence-corrected chi connectivity index (χ2v) is 5.25. The highest BCUT2D eigenvalue weighted by molar-refractivity contribution is 6.31. The highest BCUT2D eigenvalue weighted by atomic mass is 35.5. The molecular formula is C14H17ClN2O3. The highest BCUT2D eigenvalue weighted by Crippen LogP contribution is 2.20. The Kier molecular flexibility index (Phi) is 4.49. The summed E-state index contributed by atoms with van der Waals surface area (Å²) in [6, 6.07) is 4.53. The molecule has 2 rings (SSSR count). The number of amides is 1. The predicted molar refractivity (Wildman–Crippen MR) is 76.6 cm³/mol. The third-order valence-corrected chi connectivity index (χ3v) is 3.52. The van der Waals surface area contributed by atoms with E-state index in [1.54, 1.807) is 17.9 Å². The Labute approximate surface area is 122 Å². The molecule has 0 bridgehead atoms. The Morgan fingerprint density at radius 1 is 1.35 bits per heavy atom. The lowest BCUT2D eigenvalue weighted by atomic mass is 10.2. The fourth-order valence-corrected chi connectivity index (χ4v) is 2.37. The topological polar surface area (TPSA) is 72.6 Å². The summed E-state index contributed by atoms with van der Waals surface area (Å²) in [4.78, 5) is 25.7. The smallest absolute Gasteiger partial charge is 0.341 e. The summed E-state index contributed by atoms with van der Waals surface area (Å²) in [5, 5.41) is 0.445. The molecule has 0 aliphatic carbocycles. The van der Waals surface area contributed by atoms with Crippen molar-refractivity contribution in [2.75, 3.05) is 18.8 Å². The molecule has 1 atom stereocenters. The van der Waals surface area contributed by atoms with Crippen molar-refractivity contribution in [2.24, 2.45) is 0 Å². The molecular weight excluding hydrogens is 280 g/mol. The van der Waals surface area contributed by atoms with Gasteiger partial charge in [-0.1, -0.05) is 11.6 Å². The first-order valence-corrected chi connectivity index (χ1v) is 6.91. The Bertz CT molecular complexity index is 527. The van der Waals surface area contributed by atoms with Gasteiger partial charge in [-0.15, -0.1) is 0 Å². The maximum absolute atomic E-state index is 12.0. The van der Waals surface area contributed by atoms with E-state index in [0.717, 1.165) is 25.9 Å². The third-order valence-electron chi connectivity index (χ3n) is 3.28. The molecule has 20 heavy (non-hydrogen) atoms. The zero-order valence-electron chi connectivity index (χ0n) is 11.3. The number of likely N-dealkylation sites (tertiary alicyclic amines) is 1. The summed E-state index contributed by atoms with van der Waals surface area (Å²) in [5.74, 6) is -0.775. The highest BCUT2D eigenvalue weighted by Gasteiger charge is 2.26. The molecule has 0 spiro atoms. The fourth-order valence-electron chi connectivity index (χ4n) is 2.19. The van der Waals surface area contributed by atoms with Crippen LogP contribution >= 0.6 is 11.6 Å². The van der Waals surface area contributed by atoms with Gasteiger partial charge in [0.05, 0.1) is 5.56 Å². The minimum absolute atomic E-state index is 0.164. The first-order valence-electron chi connectivity index (χ1n) is 6.54. The van der Waals surface area contributed by atoms with Crippen LogP contribution in [0, 0.1) is 0 Å². The van der Waals surface area contributed by atoms with Crippen molar-refractivity contribution in [3.8, 4) is 0 Å². The van der Waals surface area contributed by atoms with Crippen molar-refractivity contribution in [3.05, 3.63) is 28.8 Å². The van der Waals surface area contributed by atoms with Gasteiger partial charge in [-0.3, -0.25) is 4.79 Å². The lowest BCUT2D eigenvalue weighted by Crippen LogP contribution is -2.38. The van der Waals surface area contributed by atoms with Crippen LogP contribution < -0.4 is 5.73 Å². The summed E-state index contributed by atoms with van der Waals surface area (Å²) in [6.45, 7) is 3.03. The molecule has 6 heteroatoms. The zero-order chi connectivity index (χ0) is 14.7. The van der Waals surface area contributed by atoms with Crippen LogP contribution in [-0.4, -0.2) is 36.0 Å². The summed E-state index contributed by atoms with van der Waals surface area (Å²) in [5.41, 5.74) is 6.17. The van der Waals surface area contributed by atoms with E-state index in [1.807, 2.05) is 0 Å². The van der Waals surface area contributed by atoms with Crippen LogP contribution in [0.5, 0.6) is 0 Å². The summed E-state index contributed by atoms with van der Waals surface area (Å²) < 4.78 is 5.18. The molecule has 0 radical (unpaired) electrons. The lowest BCUT2D eigenvalue weighted by Gasteiger charge is -2.20. The second kappa shape index (κ2) is 6.13. The van der Waals surface area contributed by atoms with Crippen LogP contribution in [-0.2, 0) is 9.53 Å². The maximum atomic E-state index is 12.0. The van der Waals surface area contributed by atoms with Gasteiger partial charge < -0.3 is 15.4 Å². The average Bonchev–Trinajstić information content (AvgIpc) is 2.91. The normalized spacial score (nSPS) is 16.0. The molecule has 1 fully saturated rings. The van der Waals surface area contributed by atoms with Crippen molar-refractivity contribution >= 4 is 29.2 Å². The fraction of sp³-hybridized carbons (Fsp3) is 0.429. The van der Waals surface area contributed by atoms with Gasteiger partial charge in [0.1, 0.15) is 0 Å². The Balaban J connectivity index is 2.01. The van der Waals surface area contributed by atoms with Gasteiger partial charge in [-0.05, 0) is 38.0 Å². The van der Waals surface area contributed by atoms with E-state index < -0.39 is 12.1 Å². The molecule has 0 saturated carbocycles. The summed E-state index contributed by atoms with van der Waals surface area (Å²) in [6.07, 6.45) is 1.18. The number of benzene rings is 1. The molecule has 108 valence electrons. The number of esters is 1. The van der Waals surface area contributed by atoms with E-state index in [-0.39, 0.29) is 17.2 Å². The average molecular weight is 297 g/mol. The quantitative estimate of drug-likeness (QED) is 0.685. The van der Waals surface area contributed by atoms with Crippen LogP contribution in [0.3, 0.4) is 0 Å². The first kappa shape index (κ1) is 14.7. The van der Waals surface area contributed by atoms with E-state index in [0.29, 0.717) is 5.02 Å². The van der Waals surface area contributed by atoms with Gasteiger partial charge in [-0.25, -0.2) is 4.79 Å². The van der Waals surface area contributed by atoms with Gasteiger partial charge in [0, 0.05) is 23.8 Å². The van der Waals surface area contributed by atoms with Crippen LogP contribution in [0.15, 0.2) is 18.2 Å². The molecule has 2 N–H and O–H groups in total. The van der Waals surface area contributed by atoms with Crippen molar-refractivity contribution in [1.29, 1.82) is 0 Å². The number of halogens is 1. The number of hydrogen-bond donors (Lipinski definition) is 1. The molecule has 1 saturated heterocycles. The van der Waals surface area contributed by atoms with E-state index in [9.17, 15) is 9.59 Å². The molecule has 1 heterocycles. The van der Waals surface area contributed by atoms with Gasteiger partial charge in [-0.2, -0.15) is 0 Å². The van der Waals surface area contributed by atoms with Crippen LogP contribution in [0.2, 0.25) is 5.02 Å². The number of carbonyl (C=O) groups is 2. The molecule has 1 aromatic rings. The van der Waals surface area contributed by atoms with Gasteiger partial charge in [0.15, 0.2) is 6.10 Å². The predicted octanol–water partition coefficient (Wildman–Crippen LogP) is 2.09. The Morgan fingerprint density at radius 2 is 2.00 bits per heavy atom. The first-order chi connectivity index (χ1) is 9.49. The number of ether oxygens (including phenoxy) is 1. The SMILES string of the molecule is CC(OC(=O)c1ccc(Cl)cc1N)C(=O)N1CCCC1. The van der Waals surface area contributed by atoms with Crippen molar-refractivity contribution in [3.63, 3.8) is 0 Å². The standard InChI is InChI=1S/C14H17ClN2O3/c1-9(13(18)17-6-2-3-7-17)20-14(19)11-5-4-10(15)8-12(11)16/h4-5,8-9H,2-3,6-7,16H2,1H3. The van der Waals surface area contributed by atoms with Crippen molar-refractivity contribution < 1.29 is 14.3 Å². The van der Waals surface area contributed by atoms with Gasteiger partial charge in [0.2, 0.25) is 0 Å². The van der Waals surface area contributed by atoms with Crippen molar-refractivity contribution in [1.82, 2.24) is 4.90 Å². The number of carbonyl (C=O) groups excluding carboxylic acids is 2. The third kappa shape index (κ3) is 3.22. The van der Waals surface area contributed by atoms with E-state index in [1.165, 1.54) is 12.1 Å². The van der Waals surface area contributed by atoms with Crippen LogP contribution in [0.25, 0.3) is 0 Å². The molecule has 1 aliphatic heterocycles. The number of hydrogen-bond acceptors (Lipinski definition) is 4. The molecule has 0 aromatic heterocycles. The molecule has 5 nitrogen and oxygen atoms in total. The minimum atomic E-state index is -0.810. The second-order valence-electron chi connectivity index (χ2n) is 4.81. The zero-order valence-corrected chi connectivity index (χ0v) is 12.0. The van der Waals surface area contributed by atoms with E-state index >= 15 is 0 Å². The largest absolute Gasteiger partial charge is 0.449 e. The number of nitrogen functional groups attached to an aromatic ring is 1. The summed E-state index contributed by atoms with van der Waals surface area (Å²) in [7, 11) is 0. The number of anilines is 1. The van der Waals surface area contributed by atoms with Crippen LogP contribution in [0.4, 0.5) is 5.69 Å². The number of rotatable bonds is 3. The van der Waals surface area contributed by atoms with E-state index in [2.05, 4.69) is 0 Å². The minimum Gasteiger partial charge on any atom is -0.449 e. The van der Waals surface area contributed by atoms with Gasteiger partial charge in [0.25, 0.3) is 5.91 Å². The Hall–Kier alpha value is -1.75. The maximum Gasteiger partial charge on any atom is 0.341 e. The Morgan fingerprint density at radius 3 is 2.60 bits per heavy atom. The molecule has 1 amide bonds. The molecule has 1 aliphatic rings. The summed E-state index contributed by atoms with van der Waals surface area (Å²) >= 11 is 5.77. The molecule has 1 unspecified atom stereocenters. The number of nitrogens with zero attached hydrogens (tertiary/aromatic N) is 1. The monoisotopic (exact) mass is 296 g/mol.